The van der Waals surface area contributed by atoms with E-state index in [4.69, 9.17) is 23.9 Å². The minimum atomic E-state index is -2.00. The van der Waals surface area contributed by atoms with Gasteiger partial charge in [0.25, 0.3) is 0 Å². The second-order valence-electron chi connectivity index (χ2n) is 14.8. The Morgan fingerprint density at radius 1 is 0.795 bits per heavy atom. The normalized spacial score (nSPS) is 20.5. The molecule has 0 aromatic heterocycles. The molecule has 3 aromatic carbocycles. The fraction of sp³-hybridized carbons (Fsp3) is 0.395. The van der Waals surface area contributed by atoms with Crippen molar-refractivity contribution < 1.29 is 17.0 Å². The number of rotatable bonds is 3. The Morgan fingerprint density at radius 3 is 1.80 bits per heavy atom. The second-order valence-corrected chi connectivity index (χ2v) is 21.9. The zero-order chi connectivity index (χ0) is 31.2. The molecule has 1 saturated carbocycles. The van der Waals surface area contributed by atoms with Crippen molar-refractivity contribution in [1.29, 1.82) is 0 Å². The third-order valence-electron chi connectivity index (χ3n) is 9.69. The van der Waals surface area contributed by atoms with Crippen LogP contribution in [0.5, 0.6) is 0 Å². The Labute approximate surface area is 285 Å². The third-order valence-corrected chi connectivity index (χ3v) is 13.8. The molecule has 1 unspecified atom stereocenters. The Kier molecular flexibility index (Phi) is 10.8. The summed E-state index contributed by atoms with van der Waals surface area (Å²) in [5.41, 5.74) is 11.5. The van der Waals surface area contributed by atoms with E-state index in [9.17, 15) is 0 Å². The van der Waals surface area contributed by atoms with E-state index in [-0.39, 0.29) is 18.3 Å². The van der Waals surface area contributed by atoms with Crippen LogP contribution in [-0.2, 0) is 27.9 Å². The summed E-state index contributed by atoms with van der Waals surface area (Å²) >= 11 is -0.556. The van der Waals surface area contributed by atoms with Crippen molar-refractivity contribution in [2.45, 2.75) is 83.8 Å². The van der Waals surface area contributed by atoms with Crippen molar-refractivity contribution in [2.75, 3.05) is 4.57 Å². The third kappa shape index (κ3) is 6.84. The molecule has 2 aliphatic carbocycles. The molecule has 6 rings (SSSR count). The first-order chi connectivity index (χ1) is 20.3. The van der Waals surface area contributed by atoms with Crippen molar-refractivity contribution in [3.05, 3.63) is 114 Å². The molecule has 1 heterocycles. The van der Waals surface area contributed by atoms with Gasteiger partial charge in [0.15, 0.2) is 8.24 Å². The summed E-state index contributed by atoms with van der Waals surface area (Å²) in [6.45, 7) is 19.3. The molecule has 3 aromatic rings. The molecule has 3 atom stereocenters. The summed E-state index contributed by atoms with van der Waals surface area (Å²) in [6, 6.07) is 24.9. The fourth-order valence-electron chi connectivity index (χ4n) is 7.40. The summed E-state index contributed by atoms with van der Waals surface area (Å²) < 4.78 is 2.74. The standard InChI is InChI=1S/C37H45N2Si.CH3.2ClH.Ti/c1-36(2,3)26-22-25(23-27(24-26)37(4,5)6)28-14-13-15-30-29(28)20-21-35(30)40(7,8)39-33-18-11-9-16-31(33)38-32-17-10-12-19-34(32)39;;;;/h9-19,22-24,29-30,35H,20-21H2,1-8H3;1H3;2*1H;/q2*-1;;;+2/p-2/t29-,30+,35?;;;;/m1..../s1. The monoisotopic (exact) mass is 678 g/mol. The van der Waals surface area contributed by atoms with Crippen LogP contribution >= 0.6 is 18.6 Å². The summed E-state index contributed by atoms with van der Waals surface area (Å²) in [4.78, 5) is 0. The van der Waals surface area contributed by atoms with Gasteiger partial charge >= 0.3 is 35.6 Å². The van der Waals surface area contributed by atoms with E-state index in [2.05, 4.69) is 144 Å². The molecule has 2 nitrogen and oxygen atoms in total. The first-order valence-electron chi connectivity index (χ1n) is 15.5. The molecule has 0 saturated heterocycles. The van der Waals surface area contributed by atoms with Crippen LogP contribution in [0.1, 0.15) is 71.1 Å². The molecule has 6 heteroatoms. The summed E-state index contributed by atoms with van der Waals surface area (Å²) in [5, 5.41) is 5.05. The molecular formula is C38H48Cl2N2SiTi-2. The molecule has 0 N–H and O–H groups in total. The maximum atomic E-state index is 5.05. The molecule has 234 valence electrons. The number of hydrogen-bond acceptors (Lipinski definition) is 1. The van der Waals surface area contributed by atoms with Crippen LogP contribution in [0.15, 0.2) is 85.0 Å². The minimum absolute atomic E-state index is 0. The van der Waals surface area contributed by atoms with Gasteiger partial charge in [-0.2, -0.15) is 0 Å². The van der Waals surface area contributed by atoms with Gasteiger partial charge < -0.3 is 17.3 Å². The van der Waals surface area contributed by atoms with E-state index in [1.807, 2.05) is 0 Å². The number of benzene rings is 3. The van der Waals surface area contributed by atoms with E-state index in [0.29, 0.717) is 17.4 Å². The maximum absolute atomic E-state index is 5.05. The fourth-order valence-corrected chi connectivity index (χ4v) is 11.5. The summed E-state index contributed by atoms with van der Waals surface area (Å²) in [6.07, 6.45) is 9.88. The van der Waals surface area contributed by atoms with E-state index in [1.54, 1.807) is 5.57 Å². The molecule has 1 aliphatic heterocycles. The first-order valence-corrected chi connectivity index (χ1v) is 22.8. The second kappa shape index (κ2) is 13.5. The van der Waals surface area contributed by atoms with E-state index in [1.165, 1.54) is 40.9 Å². The van der Waals surface area contributed by atoms with E-state index < -0.39 is 25.3 Å². The summed E-state index contributed by atoms with van der Waals surface area (Å²) in [5.74, 6) is 1.14. The van der Waals surface area contributed by atoms with Crippen LogP contribution in [0.4, 0.5) is 22.7 Å². The average molecular weight is 680 g/mol. The first kappa shape index (κ1) is 35.1. The predicted molar refractivity (Wildman–Crippen MR) is 194 cm³/mol. The number of hydrogen-bond donors (Lipinski definition) is 0. The zero-order valence-electron chi connectivity index (χ0n) is 27.9. The molecule has 0 spiro atoms. The Morgan fingerprint density at radius 2 is 1.30 bits per heavy atom. The van der Waals surface area contributed by atoms with Gasteiger partial charge in [-0.3, -0.25) is 0 Å². The van der Waals surface area contributed by atoms with Crippen LogP contribution in [-0.4, -0.2) is 8.24 Å². The number of allylic oxidation sites excluding steroid dienone is 4. The van der Waals surface area contributed by atoms with Gasteiger partial charge in [0.05, 0.1) is 0 Å². The number of anilines is 2. The van der Waals surface area contributed by atoms with Gasteiger partial charge in [0.1, 0.15) is 0 Å². The zero-order valence-corrected chi connectivity index (χ0v) is 32.0. The average Bonchev–Trinajstić information content (AvgIpc) is 3.40. The molecule has 44 heavy (non-hydrogen) atoms. The molecule has 0 radical (unpaired) electrons. The number of para-hydroxylation sites is 4. The number of nitrogens with zero attached hydrogens (tertiary/aromatic N) is 2. The van der Waals surface area contributed by atoms with Crippen LogP contribution in [0.3, 0.4) is 0 Å². The Bertz CT molecular complexity index is 1450. The van der Waals surface area contributed by atoms with Gasteiger partial charge in [-0.05, 0) is 75.4 Å². The van der Waals surface area contributed by atoms with Crippen LogP contribution in [0.2, 0.25) is 18.6 Å². The van der Waals surface area contributed by atoms with Gasteiger partial charge in [0.2, 0.25) is 0 Å². The number of fused-ring (bicyclic) bond motifs is 3. The Hall–Kier alpha value is -1.75. The van der Waals surface area contributed by atoms with Gasteiger partial charge in [0, 0.05) is 11.4 Å². The van der Waals surface area contributed by atoms with Gasteiger partial charge in [-0.1, -0.05) is 127 Å². The number of halogens is 2. The van der Waals surface area contributed by atoms with E-state index in [0.717, 1.165) is 11.4 Å². The van der Waals surface area contributed by atoms with Gasteiger partial charge in [-0.15, -0.1) is 11.4 Å². The topological polar surface area (TPSA) is 17.3 Å². The van der Waals surface area contributed by atoms with Crippen LogP contribution < -0.4 is 4.57 Å². The van der Waals surface area contributed by atoms with Crippen molar-refractivity contribution in [3.8, 4) is 0 Å². The predicted octanol–water partition coefficient (Wildman–Crippen LogP) is 13.2. The molecule has 3 aliphatic rings. The van der Waals surface area contributed by atoms with Crippen molar-refractivity contribution >= 4 is 55.2 Å². The van der Waals surface area contributed by atoms with Crippen LogP contribution in [0, 0.1) is 19.3 Å². The SMILES string of the molecule is CC(C)(C)c1cc(C2=CC=C[C@@H]3C([Si](C)(C)N4c5ccccc5[N-]c5ccccc54)CC[C@H]23)cc(C(C)(C)C)c1.[CH3-].[Cl][Ti][Cl]. The van der Waals surface area contributed by atoms with Crippen molar-refractivity contribution in [2.24, 2.45) is 11.8 Å². The van der Waals surface area contributed by atoms with Crippen LogP contribution in [0.25, 0.3) is 10.9 Å². The molecule has 0 amide bonds. The molecular weight excluding hydrogens is 631 g/mol. The quantitative estimate of drug-likeness (QED) is 0.199. The molecule has 1 fully saturated rings. The summed E-state index contributed by atoms with van der Waals surface area (Å²) in [7, 11) is 7.78. The molecule has 0 bridgehead atoms. The van der Waals surface area contributed by atoms with Gasteiger partial charge in [-0.25, -0.2) is 0 Å². The van der Waals surface area contributed by atoms with Crippen molar-refractivity contribution in [3.63, 3.8) is 0 Å². The van der Waals surface area contributed by atoms with Crippen molar-refractivity contribution in [1.82, 2.24) is 0 Å². The Balaban J connectivity index is 0.00000106. The van der Waals surface area contributed by atoms with E-state index >= 15 is 0 Å².